The number of hydrogen-bond acceptors (Lipinski definition) is 8. The quantitative estimate of drug-likeness (QED) is 0.0570. The molecule has 0 heterocycles. The summed E-state index contributed by atoms with van der Waals surface area (Å²) in [5, 5.41) is 21.1. The molecule has 0 aromatic heterocycles. The predicted octanol–water partition coefficient (Wildman–Crippen LogP) is 5.27. The minimum atomic E-state index is -4.70. The summed E-state index contributed by atoms with van der Waals surface area (Å²) in [5.74, 6) is -2.55. The molecule has 0 rings (SSSR count). The highest BCUT2D eigenvalue weighted by atomic mass is 31.2. The van der Waals surface area contributed by atoms with E-state index in [4.69, 9.17) is 0 Å². The summed E-state index contributed by atoms with van der Waals surface area (Å²) in [6.45, 7) is 1.46. The second-order valence-corrected chi connectivity index (χ2v) is 11.5. The molecule has 4 N–H and O–H groups in total. The average Bonchev–Trinajstić information content (AvgIpc) is 2.88. The Balaban J connectivity index is 3.85. The third-order valence-corrected chi connectivity index (χ3v) is 7.15. The largest absolute Gasteiger partial charge is 0.480 e. The SMILES string of the molecule is CCCCCCCCCCCCCCCCCCC(=O)NC(COP(=O)(O)OCC(O)COC(C)=O)C(=O)O. The maximum atomic E-state index is 12.1. The zero-order valence-corrected chi connectivity index (χ0v) is 24.8. The summed E-state index contributed by atoms with van der Waals surface area (Å²) >= 11 is 0. The predicted molar refractivity (Wildman–Crippen MR) is 148 cm³/mol. The first-order valence-electron chi connectivity index (χ1n) is 14.5. The van der Waals surface area contributed by atoms with E-state index in [1.54, 1.807) is 0 Å². The maximum absolute atomic E-state index is 12.1. The molecule has 0 saturated heterocycles. The molecule has 230 valence electrons. The lowest BCUT2D eigenvalue weighted by Gasteiger charge is -2.18. The molecule has 0 fully saturated rings. The number of amides is 1. The number of phosphoric ester groups is 1. The van der Waals surface area contributed by atoms with Crippen molar-refractivity contribution in [2.75, 3.05) is 19.8 Å². The minimum Gasteiger partial charge on any atom is -0.480 e. The number of ether oxygens (including phenoxy) is 1. The average molecular weight is 582 g/mol. The van der Waals surface area contributed by atoms with Crippen molar-refractivity contribution in [2.24, 2.45) is 0 Å². The zero-order valence-electron chi connectivity index (χ0n) is 23.9. The van der Waals surface area contributed by atoms with E-state index in [0.29, 0.717) is 6.42 Å². The lowest BCUT2D eigenvalue weighted by molar-refractivity contribution is -0.144. The van der Waals surface area contributed by atoms with E-state index in [1.807, 2.05) is 0 Å². The zero-order chi connectivity index (χ0) is 29.4. The first-order valence-corrected chi connectivity index (χ1v) is 16.0. The van der Waals surface area contributed by atoms with Gasteiger partial charge in [-0.2, -0.15) is 0 Å². The van der Waals surface area contributed by atoms with Crippen molar-refractivity contribution in [2.45, 2.75) is 135 Å². The van der Waals surface area contributed by atoms with E-state index in [-0.39, 0.29) is 6.42 Å². The number of aliphatic hydroxyl groups excluding tert-OH is 1. The molecule has 0 aliphatic carbocycles. The normalized spacial score (nSPS) is 14.4. The Morgan fingerprint density at radius 1 is 0.744 bits per heavy atom. The van der Waals surface area contributed by atoms with Crippen molar-refractivity contribution in [1.82, 2.24) is 5.32 Å². The van der Waals surface area contributed by atoms with Gasteiger partial charge in [0.1, 0.15) is 12.7 Å². The number of phosphoric acid groups is 1. The monoisotopic (exact) mass is 581 g/mol. The third-order valence-electron chi connectivity index (χ3n) is 6.20. The van der Waals surface area contributed by atoms with Crippen molar-refractivity contribution in [3.8, 4) is 0 Å². The summed E-state index contributed by atoms with van der Waals surface area (Å²) in [6, 6.07) is -1.53. The lowest BCUT2D eigenvalue weighted by atomic mass is 10.0. The molecule has 3 unspecified atom stereocenters. The van der Waals surface area contributed by atoms with E-state index in [9.17, 15) is 34.1 Å². The molecule has 0 bridgehead atoms. The topological polar surface area (TPSA) is 169 Å². The van der Waals surface area contributed by atoms with E-state index in [0.717, 1.165) is 26.2 Å². The van der Waals surface area contributed by atoms with Gasteiger partial charge in [0.15, 0.2) is 6.04 Å². The van der Waals surface area contributed by atoms with Gasteiger partial charge in [0, 0.05) is 13.3 Å². The van der Waals surface area contributed by atoms with Crippen molar-refractivity contribution < 1.29 is 47.8 Å². The Kier molecular flexibility index (Phi) is 23.3. The third kappa shape index (κ3) is 25.2. The van der Waals surface area contributed by atoms with E-state index < -0.39 is 57.6 Å². The Bertz CT molecular complexity index is 706. The highest BCUT2D eigenvalue weighted by molar-refractivity contribution is 7.47. The van der Waals surface area contributed by atoms with Gasteiger partial charge in [0.2, 0.25) is 5.91 Å². The van der Waals surface area contributed by atoms with Gasteiger partial charge in [-0.25, -0.2) is 9.36 Å². The number of nitrogens with one attached hydrogen (secondary N) is 1. The number of carboxylic acids is 1. The number of carbonyl (C=O) groups is 3. The molecule has 1 amide bonds. The number of carbonyl (C=O) groups excluding carboxylic acids is 2. The smallest absolute Gasteiger partial charge is 0.472 e. The first kappa shape index (κ1) is 37.5. The number of aliphatic carboxylic acids is 1. The van der Waals surface area contributed by atoms with Gasteiger partial charge in [0.25, 0.3) is 0 Å². The van der Waals surface area contributed by atoms with Gasteiger partial charge in [-0.05, 0) is 6.42 Å². The van der Waals surface area contributed by atoms with Crippen molar-refractivity contribution in [3.63, 3.8) is 0 Å². The molecule has 0 radical (unpaired) electrons. The minimum absolute atomic E-state index is 0.151. The number of carboxylic acid groups (broad SMARTS) is 1. The summed E-state index contributed by atoms with van der Waals surface area (Å²) in [6.07, 6.45) is 18.2. The first-order chi connectivity index (χ1) is 18.6. The Morgan fingerprint density at radius 2 is 1.18 bits per heavy atom. The molecule has 11 nitrogen and oxygen atoms in total. The van der Waals surface area contributed by atoms with Crippen LogP contribution in [0.15, 0.2) is 0 Å². The van der Waals surface area contributed by atoms with Crippen LogP contribution in [0.5, 0.6) is 0 Å². The molecule has 0 aromatic carbocycles. The summed E-state index contributed by atoms with van der Waals surface area (Å²) < 4.78 is 25.6. The Hall–Kier alpha value is -1.52. The highest BCUT2D eigenvalue weighted by Gasteiger charge is 2.28. The molecular formula is C27H52NO10P. The van der Waals surface area contributed by atoms with Crippen LogP contribution in [-0.4, -0.2) is 64.9 Å². The fraction of sp³-hybridized carbons (Fsp3) is 0.889. The van der Waals surface area contributed by atoms with Gasteiger partial charge in [-0.15, -0.1) is 0 Å². The summed E-state index contributed by atoms with van der Waals surface area (Å²) in [5.41, 5.74) is 0. The van der Waals surface area contributed by atoms with Gasteiger partial charge >= 0.3 is 19.8 Å². The van der Waals surface area contributed by atoms with Crippen LogP contribution in [0.2, 0.25) is 0 Å². The molecule has 39 heavy (non-hydrogen) atoms. The van der Waals surface area contributed by atoms with Crippen LogP contribution in [0.3, 0.4) is 0 Å². The standard InChI is InChI=1S/C27H52NO10P/c1-3-4-5-6-7-8-9-10-11-12-13-14-15-16-17-18-19-26(31)28-25(27(32)33)22-38-39(34,35)37-21-24(30)20-36-23(2)29/h24-25,30H,3-22H2,1-2H3,(H,28,31)(H,32,33)(H,34,35). The second-order valence-electron chi connectivity index (χ2n) is 10.0. The van der Waals surface area contributed by atoms with Crippen LogP contribution in [-0.2, 0) is 32.7 Å². The Morgan fingerprint density at radius 3 is 1.62 bits per heavy atom. The van der Waals surface area contributed by atoms with Crippen LogP contribution in [0, 0.1) is 0 Å². The number of aliphatic hydroxyl groups is 1. The molecule has 0 spiro atoms. The van der Waals surface area contributed by atoms with Crippen LogP contribution >= 0.6 is 7.82 Å². The van der Waals surface area contributed by atoms with Crippen molar-refractivity contribution in [1.29, 1.82) is 0 Å². The fourth-order valence-electron chi connectivity index (χ4n) is 3.92. The Labute approximate surface area is 234 Å². The van der Waals surface area contributed by atoms with Crippen molar-refractivity contribution in [3.05, 3.63) is 0 Å². The summed E-state index contributed by atoms with van der Waals surface area (Å²) in [7, 11) is -4.70. The van der Waals surface area contributed by atoms with Crippen LogP contribution in [0.1, 0.15) is 123 Å². The van der Waals surface area contributed by atoms with E-state index in [2.05, 4.69) is 26.0 Å². The lowest BCUT2D eigenvalue weighted by Crippen LogP contribution is -2.43. The molecule has 0 aliphatic rings. The highest BCUT2D eigenvalue weighted by Crippen LogP contribution is 2.43. The fourth-order valence-corrected chi connectivity index (χ4v) is 4.70. The molecular weight excluding hydrogens is 529 g/mol. The molecule has 0 aromatic rings. The van der Waals surface area contributed by atoms with E-state index >= 15 is 0 Å². The molecule has 12 heteroatoms. The second kappa shape index (κ2) is 24.3. The van der Waals surface area contributed by atoms with Gasteiger partial charge in [0.05, 0.1) is 13.2 Å². The molecule has 3 atom stereocenters. The number of unbranched alkanes of at least 4 members (excludes halogenated alkanes) is 15. The van der Waals surface area contributed by atoms with E-state index in [1.165, 1.54) is 77.0 Å². The van der Waals surface area contributed by atoms with Gasteiger partial charge in [-0.1, -0.05) is 103 Å². The van der Waals surface area contributed by atoms with Gasteiger partial charge < -0.3 is 25.2 Å². The number of rotatable bonds is 27. The van der Waals surface area contributed by atoms with Crippen molar-refractivity contribution >= 4 is 25.7 Å². The van der Waals surface area contributed by atoms with Crippen LogP contribution < -0.4 is 5.32 Å². The molecule has 0 saturated carbocycles. The number of hydrogen-bond donors (Lipinski definition) is 4. The van der Waals surface area contributed by atoms with Crippen LogP contribution in [0.4, 0.5) is 0 Å². The maximum Gasteiger partial charge on any atom is 0.472 e. The summed E-state index contributed by atoms with van der Waals surface area (Å²) in [4.78, 5) is 43.8. The molecule has 0 aliphatic heterocycles. The van der Waals surface area contributed by atoms with Crippen LogP contribution in [0.25, 0.3) is 0 Å². The number of esters is 1. The van der Waals surface area contributed by atoms with Gasteiger partial charge in [-0.3, -0.25) is 18.6 Å².